The third kappa shape index (κ3) is 5.69. The molecule has 3 aromatic rings. The Kier molecular flexibility index (Phi) is 7.05. The SMILES string of the molecule is C=C(C(=O)Oc1ccccc1)[C@@H](NS(=O)(=O)c1ccc(C)cc1)c1ccc(CC)cc1. The van der Waals surface area contributed by atoms with Crippen LogP contribution in [0.15, 0.2) is 95.9 Å². The molecule has 0 amide bonds. The third-order valence-electron chi connectivity index (χ3n) is 4.89. The maximum absolute atomic E-state index is 13.0. The van der Waals surface area contributed by atoms with Crippen molar-refractivity contribution in [2.75, 3.05) is 0 Å². The van der Waals surface area contributed by atoms with Crippen molar-refractivity contribution in [3.63, 3.8) is 0 Å². The highest BCUT2D eigenvalue weighted by Crippen LogP contribution is 2.26. The monoisotopic (exact) mass is 435 g/mol. The molecule has 1 atom stereocenters. The maximum Gasteiger partial charge on any atom is 0.340 e. The highest BCUT2D eigenvalue weighted by Gasteiger charge is 2.28. The normalized spacial score (nSPS) is 12.2. The zero-order valence-corrected chi connectivity index (χ0v) is 18.4. The van der Waals surface area contributed by atoms with Gasteiger partial charge in [-0.2, -0.15) is 4.72 Å². The Morgan fingerprint density at radius 3 is 2.16 bits per heavy atom. The summed E-state index contributed by atoms with van der Waals surface area (Å²) in [4.78, 5) is 12.9. The summed E-state index contributed by atoms with van der Waals surface area (Å²) >= 11 is 0. The van der Waals surface area contributed by atoms with E-state index in [4.69, 9.17) is 4.74 Å². The van der Waals surface area contributed by atoms with Gasteiger partial charge in [0.1, 0.15) is 5.75 Å². The lowest BCUT2D eigenvalue weighted by Gasteiger charge is -2.21. The number of sulfonamides is 1. The van der Waals surface area contributed by atoms with Crippen LogP contribution < -0.4 is 9.46 Å². The minimum absolute atomic E-state index is 0.0104. The summed E-state index contributed by atoms with van der Waals surface area (Å²) in [5, 5.41) is 0. The third-order valence-corrected chi connectivity index (χ3v) is 6.33. The van der Waals surface area contributed by atoms with Crippen molar-refractivity contribution in [2.45, 2.75) is 31.2 Å². The van der Waals surface area contributed by atoms with E-state index in [0.29, 0.717) is 11.3 Å². The molecular formula is C25H25NO4S. The van der Waals surface area contributed by atoms with Gasteiger partial charge in [-0.3, -0.25) is 0 Å². The largest absolute Gasteiger partial charge is 0.423 e. The molecule has 0 radical (unpaired) electrons. The average molecular weight is 436 g/mol. The van der Waals surface area contributed by atoms with E-state index >= 15 is 0 Å². The fourth-order valence-corrected chi connectivity index (χ4v) is 4.22. The molecule has 0 unspecified atom stereocenters. The molecule has 0 aliphatic heterocycles. The summed E-state index contributed by atoms with van der Waals surface area (Å²) in [5.41, 5.74) is 2.63. The van der Waals surface area contributed by atoms with Crippen molar-refractivity contribution in [3.8, 4) is 5.75 Å². The van der Waals surface area contributed by atoms with E-state index in [9.17, 15) is 13.2 Å². The molecule has 3 aromatic carbocycles. The summed E-state index contributed by atoms with van der Waals surface area (Å²) in [6.07, 6.45) is 0.844. The Morgan fingerprint density at radius 1 is 0.968 bits per heavy atom. The van der Waals surface area contributed by atoms with Gasteiger partial charge in [0, 0.05) is 0 Å². The average Bonchev–Trinajstić information content (AvgIpc) is 2.78. The second-order valence-corrected chi connectivity index (χ2v) is 8.90. The number of ether oxygens (including phenoxy) is 1. The molecule has 3 rings (SSSR count). The van der Waals surface area contributed by atoms with E-state index in [1.807, 2.05) is 26.0 Å². The number of carbonyl (C=O) groups excluding carboxylic acids is 1. The van der Waals surface area contributed by atoms with E-state index in [-0.39, 0.29) is 10.5 Å². The predicted octanol–water partition coefficient (Wildman–Crippen LogP) is 4.74. The van der Waals surface area contributed by atoms with Gasteiger partial charge in [-0.1, -0.05) is 73.7 Å². The van der Waals surface area contributed by atoms with Crippen LogP contribution in [0.2, 0.25) is 0 Å². The molecule has 31 heavy (non-hydrogen) atoms. The van der Waals surface area contributed by atoms with Gasteiger partial charge in [-0.15, -0.1) is 0 Å². The Labute approximate surface area is 183 Å². The Bertz CT molecular complexity index is 1150. The van der Waals surface area contributed by atoms with Crippen LogP contribution in [0.3, 0.4) is 0 Å². The number of esters is 1. The second kappa shape index (κ2) is 9.73. The lowest BCUT2D eigenvalue weighted by atomic mass is 9.99. The summed E-state index contributed by atoms with van der Waals surface area (Å²) < 4.78 is 34.1. The van der Waals surface area contributed by atoms with Crippen molar-refractivity contribution in [3.05, 3.63) is 108 Å². The molecule has 0 aromatic heterocycles. The summed E-state index contributed by atoms with van der Waals surface area (Å²) in [6, 6.07) is 21.5. The Morgan fingerprint density at radius 2 is 1.58 bits per heavy atom. The number of hydrogen-bond acceptors (Lipinski definition) is 4. The van der Waals surface area contributed by atoms with Crippen LogP contribution in [0.5, 0.6) is 5.75 Å². The summed E-state index contributed by atoms with van der Waals surface area (Å²) in [6.45, 7) is 7.77. The first-order chi connectivity index (χ1) is 14.8. The lowest BCUT2D eigenvalue weighted by Crippen LogP contribution is -2.33. The van der Waals surface area contributed by atoms with Gasteiger partial charge < -0.3 is 4.74 Å². The van der Waals surface area contributed by atoms with Gasteiger partial charge in [-0.25, -0.2) is 13.2 Å². The summed E-state index contributed by atoms with van der Waals surface area (Å²) in [5.74, 6) is -0.350. The van der Waals surface area contributed by atoms with E-state index in [1.54, 1.807) is 54.6 Å². The fourth-order valence-electron chi connectivity index (χ4n) is 3.01. The number of rotatable bonds is 8. The molecule has 0 aliphatic rings. The van der Waals surface area contributed by atoms with E-state index in [0.717, 1.165) is 17.5 Å². The van der Waals surface area contributed by atoms with Crippen LogP contribution >= 0.6 is 0 Å². The van der Waals surface area contributed by atoms with Gasteiger partial charge in [-0.05, 0) is 48.7 Å². The van der Waals surface area contributed by atoms with Gasteiger partial charge in [0.2, 0.25) is 10.0 Å². The number of benzene rings is 3. The number of hydrogen-bond donors (Lipinski definition) is 1. The van der Waals surface area contributed by atoms with Crippen molar-refractivity contribution >= 4 is 16.0 Å². The molecule has 6 heteroatoms. The molecule has 160 valence electrons. The fraction of sp³-hybridized carbons (Fsp3) is 0.160. The molecule has 0 heterocycles. The Balaban J connectivity index is 1.92. The van der Waals surface area contributed by atoms with E-state index < -0.39 is 22.0 Å². The summed E-state index contributed by atoms with van der Waals surface area (Å²) in [7, 11) is -3.91. The van der Waals surface area contributed by atoms with Crippen LogP contribution in [0.1, 0.15) is 29.7 Å². The predicted molar refractivity (Wildman–Crippen MR) is 121 cm³/mol. The molecule has 0 saturated heterocycles. The van der Waals surface area contributed by atoms with Gasteiger partial charge in [0.25, 0.3) is 0 Å². The molecule has 0 spiro atoms. The van der Waals surface area contributed by atoms with Crippen LogP contribution in [-0.2, 0) is 21.2 Å². The minimum Gasteiger partial charge on any atom is -0.423 e. The molecule has 5 nitrogen and oxygen atoms in total. The maximum atomic E-state index is 13.0. The van der Waals surface area contributed by atoms with Crippen molar-refractivity contribution < 1.29 is 17.9 Å². The van der Waals surface area contributed by atoms with Crippen LogP contribution in [0.4, 0.5) is 0 Å². The number of carbonyl (C=O) groups is 1. The van der Waals surface area contributed by atoms with Gasteiger partial charge in [0.05, 0.1) is 16.5 Å². The highest BCUT2D eigenvalue weighted by atomic mass is 32.2. The van der Waals surface area contributed by atoms with Crippen molar-refractivity contribution in [1.82, 2.24) is 4.72 Å². The standard InChI is InChI=1S/C25H25NO4S/c1-4-20-12-14-21(15-13-20)24(19(3)25(27)30-22-8-6-5-7-9-22)26-31(28,29)23-16-10-18(2)11-17-23/h5-17,24,26H,3-4H2,1-2H3/t24-/m1/s1. The minimum atomic E-state index is -3.91. The van der Waals surface area contributed by atoms with Gasteiger partial charge in [0.15, 0.2) is 0 Å². The molecule has 1 N–H and O–H groups in total. The zero-order valence-electron chi connectivity index (χ0n) is 17.5. The molecule has 0 saturated carbocycles. The number of para-hydroxylation sites is 1. The smallest absolute Gasteiger partial charge is 0.340 e. The number of nitrogens with one attached hydrogen (secondary N) is 1. The topological polar surface area (TPSA) is 72.5 Å². The Hall–Kier alpha value is -3.22. The molecular weight excluding hydrogens is 410 g/mol. The lowest BCUT2D eigenvalue weighted by molar-refractivity contribution is -0.130. The van der Waals surface area contributed by atoms with E-state index in [2.05, 4.69) is 11.3 Å². The first-order valence-electron chi connectivity index (χ1n) is 9.94. The first-order valence-corrected chi connectivity index (χ1v) is 11.4. The number of aryl methyl sites for hydroxylation is 2. The first kappa shape index (κ1) is 22.5. The van der Waals surface area contributed by atoms with Gasteiger partial charge >= 0.3 is 5.97 Å². The molecule has 0 fully saturated rings. The van der Waals surface area contributed by atoms with E-state index in [1.165, 1.54) is 12.1 Å². The van der Waals surface area contributed by atoms with Crippen LogP contribution in [0, 0.1) is 6.92 Å². The zero-order chi connectivity index (χ0) is 22.4. The van der Waals surface area contributed by atoms with Crippen molar-refractivity contribution in [1.29, 1.82) is 0 Å². The molecule has 0 bridgehead atoms. The van der Waals surface area contributed by atoms with Crippen molar-refractivity contribution in [2.24, 2.45) is 0 Å². The van der Waals surface area contributed by atoms with Crippen LogP contribution in [-0.4, -0.2) is 14.4 Å². The second-order valence-electron chi connectivity index (χ2n) is 7.19. The highest BCUT2D eigenvalue weighted by molar-refractivity contribution is 7.89. The molecule has 0 aliphatic carbocycles. The van der Waals surface area contributed by atoms with Crippen LogP contribution in [0.25, 0.3) is 0 Å². The quantitative estimate of drug-likeness (QED) is 0.315.